The minimum Gasteiger partial charge on any atom is -0.368 e. The van der Waals surface area contributed by atoms with E-state index in [1.807, 2.05) is 0 Å². The molecule has 1 aliphatic rings. The standard InChI is InChI=1S/C16H26ClN3/c1-16(2,3)9-12(17)10-18-15-13-7-5-4-6-8-14(13)19-11-20-15/h11-12H,4-10H2,1-3H3,(H,18,19,20). The Morgan fingerprint density at radius 1 is 1.20 bits per heavy atom. The molecule has 0 aromatic carbocycles. The van der Waals surface area contributed by atoms with E-state index < -0.39 is 0 Å². The number of anilines is 1. The number of nitrogens with one attached hydrogen (secondary N) is 1. The fourth-order valence-electron chi connectivity index (χ4n) is 2.79. The van der Waals surface area contributed by atoms with Crippen LogP contribution >= 0.6 is 11.6 Å². The van der Waals surface area contributed by atoms with Crippen LogP contribution in [-0.2, 0) is 12.8 Å². The van der Waals surface area contributed by atoms with E-state index in [1.54, 1.807) is 6.33 Å². The van der Waals surface area contributed by atoms with Crippen LogP contribution in [0, 0.1) is 5.41 Å². The van der Waals surface area contributed by atoms with Crippen LogP contribution in [0.1, 0.15) is 57.7 Å². The van der Waals surface area contributed by atoms with Crippen LogP contribution < -0.4 is 5.32 Å². The van der Waals surface area contributed by atoms with E-state index in [0.717, 1.165) is 31.6 Å². The second-order valence-electron chi connectivity index (χ2n) is 6.95. The number of aryl methyl sites for hydroxylation is 1. The molecule has 0 saturated carbocycles. The SMILES string of the molecule is CC(C)(C)CC(Cl)CNc1ncnc2c1CCCCC2. The number of hydrogen-bond acceptors (Lipinski definition) is 3. The molecule has 0 spiro atoms. The summed E-state index contributed by atoms with van der Waals surface area (Å²) >= 11 is 6.42. The molecule has 0 aliphatic heterocycles. The fraction of sp³-hybridized carbons (Fsp3) is 0.750. The zero-order chi connectivity index (χ0) is 14.6. The lowest BCUT2D eigenvalue weighted by atomic mass is 9.90. The summed E-state index contributed by atoms with van der Waals surface area (Å²) < 4.78 is 0. The molecule has 2 rings (SSSR count). The van der Waals surface area contributed by atoms with Crippen LogP contribution in [0.15, 0.2) is 6.33 Å². The smallest absolute Gasteiger partial charge is 0.132 e. The molecule has 0 radical (unpaired) electrons. The van der Waals surface area contributed by atoms with Crippen LogP contribution in [0.25, 0.3) is 0 Å². The van der Waals surface area contributed by atoms with E-state index in [1.165, 1.54) is 30.5 Å². The second-order valence-corrected chi connectivity index (χ2v) is 7.57. The molecule has 0 saturated heterocycles. The Balaban J connectivity index is 1.99. The zero-order valence-electron chi connectivity index (χ0n) is 12.9. The van der Waals surface area contributed by atoms with Crippen molar-refractivity contribution in [3.05, 3.63) is 17.6 Å². The highest BCUT2D eigenvalue weighted by atomic mass is 35.5. The highest BCUT2D eigenvalue weighted by Gasteiger charge is 2.18. The zero-order valence-corrected chi connectivity index (χ0v) is 13.6. The molecule has 4 heteroatoms. The van der Waals surface area contributed by atoms with Gasteiger partial charge in [-0.05, 0) is 37.5 Å². The van der Waals surface area contributed by atoms with E-state index in [-0.39, 0.29) is 10.8 Å². The van der Waals surface area contributed by atoms with Gasteiger partial charge >= 0.3 is 0 Å². The van der Waals surface area contributed by atoms with Gasteiger partial charge in [-0.1, -0.05) is 27.2 Å². The third kappa shape index (κ3) is 4.62. The lowest BCUT2D eigenvalue weighted by Crippen LogP contribution is -2.22. The Hall–Kier alpha value is -0.830. The van der Waals surface area contributed by atoms with Gasteiger partial charge in [0.2, 0.25) is 0 Å². The molecule has 0 bridgehead atoms. The lowest BCUT2D eigenvalue weighted by molar-refractivity contribution is 0.373. The molecule has 1 aromatic rings. The van der Waals surface area contributed by atoms with Crippen molar-refractivity contribution in [3.8, 4) is 0 Å². The number of nitrogens with zero attached hydrogens (tertiary/aromatic N) is 2. The van der Waals surface area contributed by atoms with Crippen LogP contribution in [0.5, 0.6) is 0 Å². The summed E-state index contributed by atoms with van der Waals surface area (Å²) in [7, 11) is 0. The third-order valence-corrected chi connectivity index (χ3v) is 4.01. The third-order valence-electron chi connectivity index (χ3n) is 3.70. The van der Waals surface area contributed by atoms with Crippen LogP contribution in [0.4, 0.5) is 5.82 Å². The Labute approximate surface area is 127 Å². The molecule has 1 aromatic heterocycles. The predicted octanol–water partition coefficient (Wildman–Crippen LogP) is 4.20. The molecular formula is C16H26ClN3. The predicted molar refractivity (Wildman–Crippen MR) is 85.5 cm³/mol. The van der Waals surface area contributed by atoms with Crippen LogP contribution in [-0.4, -0.2) is 21.9 Å². The first-order chi connectivity index (χ1) is 9.46. The molecular weight excluding hydrogens is 270 g/mol. The highest BCUT2D eigenvalue weighted by molar-refractivity contribution is 6.20. The summed E-state index contributed by atoms with van der Waals surface area (Å²) in [6.45, 7) is 7.43. The van der Waals surface area contributed by atoms with E-state index >= 15 is 0 Å². The summed E-state index contributed by atoms with van der Waals surface area (Å²) in [5.41, 5.74) is 2.79. The van der Waals surface area contributed by atoms with Crippen LogP contribution in [0.2, 0.25) is 0 Å². The van der Waals surface area contributed by atoms with E-state index in [2.05, 4.69) is 36.1 Å². The minimum absolute atomic E-state index is 0.131. The van der Waals surface area contributed by atoms with Gasteiger partial charge in [0.05, 0.1) is 5.38 Å². The molecule has 0 amide bonds. The van der Waals surface area contributed by atoms with Gasteiger partial charge in [0.15, 0.2) is 0 Å². The maximum absolute atomic E-state index is 6.42. The van der Waals surface area contributed by atoms with E-state index in [4.69, 9.17) is 11.6 Å². The van der Waals surface area contributed by atoms with Crippen molar-refractivity contribution >= 4 is 17.4 Å². The largest absolute Gasteiger partial charge is 0.368 e. The maximum atomic E-state index is 6.42. The molecule has 1 atom stereocenters. The summed E-state index contributed by atoms with van der Waals surface area (Å²) in [4.78, 5) is 8.86. The van der Waals surface area contributed by atoms with Gasteiger partial charge in [0.25, 0.3) is 0 Å². The summed E-state index contributed by atoms with van der Waals surface area (Å²) in [6.07, 6.45) is 8.61. The van der Waals surface area contributed by atoms with Gasteiger partial charge in [0, 0.05) is 17.8 Å². The van der Waals surface area contributed by atoms with Gasteiger partial charge in [-0.15, -0.1) is 11.6 Å². The minimum atomic E-state index is 0.131. The average molecular weight is 296 g/mol. The van der Waals surface area contributed by atoms with Crippen molar-refractivity contribution in [1.82, 2.24) is 9.97 Å². The Morgan fingerprint density at radius 2 is 1.95 bits per heavy atom. The molecule has 1 N–H and O–H groups in total. The molecule has 3 nitrogen and oxygen atoms in total. The summed E-state index contributed by atoms with van der Waals surface area (Å²) in [5, 5.41) is 3.57. The monoisotopic (exact) mass is 295 g/mol. The number of hydrogen-bond donors (Lipinski definition) is 1. The van der Waals surface area contributed by atoms with Gasteiger partial charge in [-0.25, -0.2) is 9.97 Å². The fourth-order valence-corrected chi connectivity index (χ4v) is 3.33. The van der Waals surface area contributed by atoms with Crippen molar-refractivity contribution in [1.29, 1.82) is 0 Å². The average Bonchev–Trinajstić information content (AvgIpc) is 2.59. The van der Waals surface area contributed by atoms with Crippen molar-refractivity contribution in [2.45, 2.75) is 64.7 Å². The second kappa shape index (κ2) is 6.75. The molecule has 1 unspecified atom stereocenters. The number of fused-ring (bicyclic) bond motifs is 1. The number of halogens is 1. The highest BCUT2D eigenvalue weighted by Crippen LogP contribution is 2.26. The first-order valence-electron chi connectivity index (χ1n) is 7.66. The van der Waals surface area contributed by atoms with Crippen molar-refractivity contribution in [2.24, 2.45) is 5.41 Å². The number of rotatable bonds is 4. The Morgan fingerprint density at radius 3 is 2.70 bits per heavy atom. The topological polar surface area (TPSA) is 37.8 Å². The van der Waals surface area contributed by atoms with Gasteiger partial charge < -0.3 is 5.32 Å². The Bertz CT molecular complexity index is 440. The van der Waals surface area contributed by atoms with Gasteiger partial charge in [0.1, 0.15) is 12.1 Å². The van der Waals surface area contributed by atoms with E-state index in [0.29, 0.717) is 0 Å². The van der Waals surface area contributed by atoms with Crippen LogP contribution in [0.3, 0.4) is 0 Å². The van der Waals surface area contributed by atoms with Crippen molar-refractivity contribution in [2.75, 3.05) is 11.9 Å². The maximum Gasteiger partial charge on any atom is 0.132 e. The van der Waals surface area contributed by atoms with Gasteiger partial charge in [-0.3, -0.25) is 0 Å². The van der Waals surface area contributed by atoms with Gasteiger partial charge in [-0.2, -0.15) is 0 Å². The normalized spacial score (nSPS) is 17.2. The summed E-state index contributed by atoms with van der Waals surface area (Å²) in [5.74, 6) is 0.997. The number of aromatic nitrogens is 2. The molecule has 0 fully saturated rings. The van der Waals surface area contributed by atoms with Crippen molar-refractivity contribution in [3.63, 3.8) is 0 Å². The van der Waals surface area contributed by atoms with Crippen molar-refractivity contribution < 1.29 is 0 Å². The number of alkyl halides is 1. The molecule has 1 heterocycles. The quantitative estimate of drug-likeness (QED) is 0.668. The molecule has 20 heavy (non-hydrogen) atoms. The Kier molecular flexibility index (Phi) is 5.25. The summed E-state index contributed by atoms with van der Waals surface area (Å²) in [6, 6.07) is 0. The molecule has 112 valence electrons. The first-order valence-corrected chi connectivity index (χ1v) is 8.10. The molecule has 1 aliphatic carbocycles. The van der Waals surface area contributed by atoms with E-state index in [9.17, 15) is 0 Å². The first kappa shape index (κ1) is 15.6. The lowest BCUT2D eigenvalue weighted by Gasteiger charge is -2.22.